The topological polar surface area (TPSA) is 126 Å². The molecule has 1 atom stereocenters. The van der Waals surface area contributed by atoms with E-state index < -0.39 is 22.5 Å². The van der Waals surface area contributed by atoms with E-state index in [-0.39, 0.29) is 15.2 Å². The number of carbonyl (C=O) groups excluding carboxylic acids is 1. The van der Waals surface area contributed by atoms with Crippen molar-refractivity contribution in [1.29, 1.82) is 0 Å². The van der Waals surface area contributed by atoms with Crippen LogP contribution in [0.15, 0.2) is 10.4 Å². The lowest BCUT2D eigenvalue weighted by molar-refractivity contribution is -0.137. The van der Waals surface area contributed by atoms with Crippen LogP contribution in [0.25, 0.3) is 0 Å². The van der Waals surface area contributed by atoms with E-state index in [2.05, 4.69) is 17.2 Å². The second-order valence-corrected chi connectivity index (χ2v) is 13.9. The third-order valence-corrected chi connectivity index (χ3v) is 11.0. The van der Waals surface area contributed by atoms with Gasteiger partial charge in [-0.05, 0) is 62.7 Å². The Hall–Kier alpha value is -1.56. The highest BCUT2D eigenvalue weighted by atomic mass is 32.2. The van der Waals surface area contributed by atoms with E-state index in [4.69, 9.17) is 9.84 Å². The number of aromatic nitrogens is 1. The van der Waals surface area contributed by atoms with Gasteiger partial charge in [0.1, 0.15) is 6.54 Å². The van der Waals surface area contributed by atoms with E-state index in [9.17, 15) is 18.0 Å². The van der Waals surface area contributed by atoms with Crippen molar-refractivity contribution in [2.45, 2.75) is 101 Å². The summed E-state index contributed by atoms with van der Waals surface area (Å²) in [5, 5.41) is 11.9. The first-order chi connectivity index (χ1) is 17.7. The predicted octanol–water partition coefficient (Wildman–Crippen LogP) is 5.14. The molecular formula is C26H43N3O6S2. The molecular weight excluding hydrogens is 514 g/mol. The Bertz CT molecular complexity index is 969. The molecule has 37 heavy (non-hydrogen) atoms. The highest BCUT2D eigenvalue weighted by Gasteiger charge is 2.31. The maximum Gasteiger partial charge on any atom is 0.318 e. The van der Waals surface area contributed by atoms with Gasteiger partial charge < -0.3 is 15.2 Å². The summed E-state index contributed by atoms with van der Waals surface area (Å²) in [6.07, 6.45) is 16.0. The van der Waals surface area contributed by atoms with E-state index in [0.29, 0.717) is 24.4 Å². The number of carboxylic acid groups (broad SMARTS) is 1. The van der Waals surface area contributed by atoms with Crippen LogP contribution in [0, 0.1) is 17.8 Å². The maximum absolute atomic E-state index is 12.8. The number of carboxylic acids is 1. The molecule has 0 spiro atoms. The number of rotatable bonds is 14. The number of aliphatic carboxylic acids is 1. The fourth-order valence-corrected chi connectivity index (χ4v) is 8.15. The number of ether oxygens (including phenoxy) is 1. The first kappa shape index (κ1) is 30.0. The second kappa shape index (κ2) is 14.6. The number of sulfonamides is 1. The quantitative estimate of drug-likeness (QED) is 0.324. The summed E-state index contributed by atoms with van der Waals surface area (Å²) in [7, 11) is -2.76. The van der Waals surface area contributed by atoms with Crippen LogP contribution in [-0.2, 0) is 24.3 Å². The van der Waals surface area contributed by atoms with Crippen LogP contribution in [0.4, 0.5) is 5.13 Å². The van der Waals surface area contributed by atoms with E-state index in [1.165, 1.54) is 51.8 Å². The van der Waals surface area contributed by atoms with Crippen molar-refractivity contribution in [2.24, 2.45) is 17.8 Å². The molecule has 1 heterocycles. The molecule has 2 aliphatic rings. The molecule has 1 unspecified atom stereocenters. The van der Waals surface area contributed by atoms with E-state index in [1.54, 1.807) is 0 Å². The summed E-state index contributed by atoms with van der Waals surface area (Å²) >= 11 is 0.841. The highest BCUT2D eigenvalue weighted by Crippen LogP contribution is 2.40. The van der Waals surface area contributed by atoms with Crippen LogP contribution in [0.1, 0.15) is 90.4 Å². The predicted molar refractivity (Wildman–Crippen MR) is 144 cm³/mol. The number of hydrogen-bond acceptors (Lipinski definition) is 7. The minimum Gasteiger partial charge on any atom is -0.480 e. The molecule has 3 rings (SSSR count). The Morgan fingerprint density at radius 1 is 1.19 bits per heavy atom. The van der Waals surface area contributed by atoms with Gasteiger partial charge in [0.05, 0.1) is 12.3 Å². The van der Waals surface area contributed by atoms with Gasteiger partial charge >= 0.3 is 5.97 Å². The molecule has 1 aromatic rings. The number of anilines is 1. The molecule has 0 aromatic carbocycles. The molecule has 2 aliphatic carbocycles. The average molecular weight is 558 g/mol. The van der Waals surface area contributed by atoms with Crippen LogP contribution in [-0.4, -0.2) is 61.0 Å². The second-order valence-electron chi connectivity index (χ2n) is 10.6. The summed E-state index contributed by atoms with van der Waals surface area (Å²) in [6.45, 7) is 2.33. The Labute approximate surface area is 225 Å². The van der Waals surface area contributed by atoms with Gasteiger partial charge in [-0.1, -0.05) is 50.4 Å². The molecule has 2 fully saturated rings. The Morgan fingerprint density at radius 2 is 1.89 bits per heavy atom. The van der Waals surface area contributed by atoms with Crippen LogP contribution < -0.4 is 5.32 Å². The summed E-state index contributed by atoms with van der Waals surface area (Å²) in [4.78, 5) is 27.7. The molecule has 0 radical (unpaired) electrons. The molecule has 9 nitrogen and oxygen atoms in total. The third kappa shape index (κ3) is 9.30. The van der Waals surface area contributed by atoms with Gasteiger partial charge in [-0.15, -0.1) is 0 Å². The average Bonchev–Trinajstić information content (AvgIpc) is 3.35. The molecule has 210 valence electrons. The van der Waals surface area contributed by atoms with Crippen molar-refractivity contribution in [1.82, 2.24) is 9.29 Å². The van der Waals surface area contributed by atoms with Crippen LogP contribution in [0.2, 0.25) is 0 Å². The SMILES string of the molecule is CCCOC1CCC(C(CCC(=O)Nc2ncc(S(=O)(=O)N(C)CC(=O)O)s2)CC2CCCCC2)CC1. The molecule has 0 aliphatic heterocycles. The standard InChI is InChI=1S/C26H43N3O6S2/c1-3-15-35-22-12-9-20(10-13-22)21(16-19-7-5-4-6-8-19)11-14-23(30)28-26-27-17-25(36-26)37(33,34)29(2)18-24(31)32/h17,19-22H,3-16,18H2,1-2H3,(H,31,32)(H,27,28,30). The summed E-state index contributed by atoms with van der Waals surface area (Å²) in [5.74, 6) is 0.487. The van der Waals surface area contributed by atoms with Crippen molar-refractivity contribution < 1.29 is 27.9 Å². The lowest BCUT2D eigenvalue weighted by Crippen LogP contribution is -2.31. The van der Waals surface area contributed by atoms with E-state index >= 15 is 0 Å². The number of likely N-dealkylation sites (N-methyl/N-ethyl adjacent to an activating group) is 1. The summed E-state index contributed by atoms with van der Waals surface area (Å²) in [6, 6.07) is 0. The molecule has 1 amide bonds. The number of carbonyl (C=O) groups is 2. The molecule has 0 bridgehead atoms. The number of thiazole rings is 1. The van der Waals surface area contributed by atoms with Crippen molar-refractivity contribution >= 4 is 38.4 Å². The fraction of sp³-hybridized carbons (Fsp3) is 0.808. The normalized spacial score (nSPS) is 22.1. The minimum absolute atomic E-state index is 0.0937. The zero-order chi connectivity index (χ0) is 26.8. The minimum atomic E-state index is -3.97. The van der Waals surface area contributed by atoms with E-state index in [1.807, 2.05) is 0 Å². The molecule has 11 heteroatoms. The van der Waals surface area contributed by atoms with Gasteiger partial charge in [0.15, 0.2) is 9.34 Å². The maximum atomic E-state index is 12.8. The smallest absolute Gasteiger partial charge is 0.318 e. The summed E-state index contributed by atoms with van der Waals surface area (Å²) in [5.41, 5.74) is 0. The van der Waals surface area contributed by atoms with Crippen LogP contribution in [0.3, 0.4) is 0 Å². The van der Waals surface area contributed by atoms with Crippen molar-refractivity contribution in [3.8, 4) is 0 Å². The fourth-order valence-electron chi connectivity index (χ4n) is 5.77. The van der Waals surface area contributed by atoms with Gasteiger partial charge in [-0.2, -0.15) is 4.31 Å². The van der Waals surface area contributed by atoms with Gasteiger partial charge in [-0.25, -0.2) is 13.4 Å². The zero-order valence-electron chi connectivity index (χ0n) is 22.2. The molecule has 2 N–H and O–H groups in total. The van der Waals surface area contributed by atoms with Crippen molar-refractivity contribution in [3.63, 3.8) is 0 Å². The first-order valence-corrected chi connectivity index (χ1v) is 16.0. The number of amides is 1. The Balaban J connectivity index is 1.55. The Kier molecular flexibility index (Phi) is 11.8. The molecule has 2 saturated carbocycles. The Morgan fingerprint density at radius 3 is 2.54 bits per heavy atom. The summed E-state index contributed by atoms with van der Waals surface area (Å²) < 4.78 is 31.7. The van der Waals surface area contributed by atoms with Gasteiger partial charge in [-0.3, -0.25) is 9.59 Å². The first-order valence-electron chi connectivity index (χ1n) is 13.7. The molecule has 1 aromatic heterocycles. The van der Waals surface area contributed by atoms with E-state index in [0.717, 1.165) is 66.7 Å². The number of nitrogens with one attached hydrogen (secondary N) is 1. The lowest BCUT2D eigenvalue weighted by atomic mass is 9.71. The number of nitrogens with zero attached hydrogens (tertiary/aromatic N) is 2. The van der Waals surface area contributed by atoms with Crippen LogP contribution >= 0.6 is 11.3 Å². The van der Waals surface area contributed by atoms with Crippen LogP contribution in [0.5, 0.6) is 0 Å². The number of hydrogen-bond donors (Lipinski definition) is 2. The largest absolute Gasteiger partial charge is 0.480 e. The van der Waals surface area contributed by atoms with Gasteiger partial charge in [0.25, 0.3) is 10.0 Å². The van der Waals surface area contributed by atoms with Crippen molar-refractivity contribution in [2.75, 3.05) is 25.5 Å². The lowest BCUT2D eigenvalue weighted by Gasteiger charge is -2.36. The van der Waals surface area contributed by atoms with Gasteiger partial charge in [0, 0.05) is 20.1 Å². The zero-order valence-corrected chi connectivity index (χ0v) is 23.8. The van der Waals surface area contributed by atoms with Gasteiger partial charge in [0.2, 0.25) is 5.91 Å². The monoisotopic (exact) mass is 557 g/mol. The third-order valence-electron chi connectivity index (χ3n) is 7.80. The van der Waals surface area contributed by atoms with Crippen molar-refractivity contribution in [3.05, 3.63) is 6.20 Å². The molecule has 0 saturated heterocycles. The highest BCUT2D eigenvalue weighted by molar-refractivity contribution is 7.91.